The quantitative estimate of drug-likeness (QED) is 0.767. The highest BCUT2D eigenvalue weighted by Gasteiger charge is 2.21. The highest BCUT2D eigenvalue weighted by atomic mass is 16.5. The van der Waals surface area contributed by atoms with Crippen LogP contribution in [-0.4, -0.2) is 33.4 Å². The van der Waals surface area contributed by atoms with Gasteiger partial charge in [0, 0.05) is 12.6 Å². The Morgan fingerprint density at radius 2 is 2.21 bits per heavy atom. The summed E-state index contributed by atoms with van der Waals surface area (Å²) in [5, 5.41) is 11.3. The van der Waals surface area contributed by atoms with Crippen LogP contribution >= 0.6 is 0 Å². The first kappa shape index (κ1) is 16.3. The highest BCUT2D eigenvalue weighted by Crippen LogP contribution is 2.27. The highest BCUT2D eigenvalue weighted by molar-refractivity contribution is 5.69. The molecule has 1 aromatic carbocycles. The van der Waals surface area contributed by atoms with E-state index in [0.29, 0.717) is 19.6 Å². The second kappa shape index (κ2) is 7.79. The number of imidazole rings is 1. The average molecular weight is 327 g/mol. The molecule has 24 heavy (non-hydrogen) atoms. The van der Waals surface area contributed by atoms with Gasteiger partial charge in [0.1, 0.15) is 0 Å². The first-order chi connectivity index (χ1) is 11.7. The summed E-state index contributed by atoms with van der Waals surface area (Å²) in [7, 11) is 0. The number of carbonyl (C=O) groups is 1. The van der Waals surface area contributed by atoms with Crippen molar-refractivity contribution in [2.45, 2.75) is 32.0 Å². The molecular formula is C18H21N3O3. The van der Waals surface area contributed by atoms with E-state index < -0.39 is 6.09 Å². The van der Waals surface area contributed by atoms with Crippen molar-refractivity contribution in [2.24, 2.45) is 0 Å². The molecule has 126 valence electrons. The number of aromatic nitrogens is 2. The van der Waals surface area contributed by atoms with Gasteiger partial charge in [-0.05, 0) is 24.0 Å². The maximum Gasteiger partial charge on any atom is 0.404 e. The van der Waals surface area contributed by atoms with E-state index in [-0.39, 0.29) is 6.04 Å². The summed E-state index contributed by atoms with van der Waals surface area (Å²) in [6, 6.07) is 10.0. The van der Waals surface area contributed by atoms with Crippen molar-refractivity contribution in [3.8, 4) is 0 Å². The van der Waals surface area contributed by atoms with Gasteiger partial charge in [0.15, 0.2) is 0 Å². The fourth-order valence-electron chi connectivity index (χ4n) is 2.90. The van der Waals surface area contributed by atoms with E-state index in [0.717, 1.165) is 29.8 Å². The predicted molar refractivity (Wildman–Crippen MR) is 90.5 cm³/mol. The first-order valence-electron chi connectivity index (χ1n) is 8.03. The maximum atomic E-state index is 10.7. The molecule has 2 aromatic rings. The second-order valence-electron chi connectivity index (χ2n) is 5.83. The van der Waals surface area contributed by atoms with E-state index in [2.05, 4.69) is 20.9 Å². The number of hydrogen-bond acceptors (Lipinski definition) is 3. The van der Waals surface area contributed by atoms with Gasteiger partial charge in [0.05, 0.1) is 31.4 Å². The Balaban J connectivity index is 1.50. The Morgan fingerprint density at radius 3 is 3.00 bits per heavy atom. The van der Waals surface area contributed by atoms with Crippen LogP contribution in [0.25, 0.3) is 5.57 Å². The smallest absolute Gasteiger partial charge is 0.404 e. The van der Waals surface area contributed by atoms with Crippen LogP contribution in [0.15, 0.2) is 48.9 Å². The van der Waals surface area contributed by atoms with Gasteiger partial charge in [-0.25, -0.2) is 9.78 Å². The number of nitrogens with zero attached hydrogens (tertiary/aromatic N) is 2. The fourth-order valence-corrected chi connectivity index (χ4v) is 2.90. The lowest BCUT2D eigenvalue weighted by Crippen LogP contribution is -2.31. The summed E-state index contributed by atoms with van der Waals surface area (Å²) in [5.41, 5.74) is 3.33. The zero-order valence-corrected chi connectivity index (χ0v) is 13.4. The van der Waals surface area contributed by atoms with Crippen LogP contribution in [0.1, 0.15) is 24.1 Å². The minimum Gasteiger partial charge on any atom is -0.465 e. The van der Waals surface area contributed by atoms with E-state index in [1.807, 2.05) is 36.5 Å². The number of benzene rings is 1. The maximum absolute atomic E-state index is 10.7. The fraction of sp³-hybridized carbons (Fsp3) is 0.333. The van der Waals surface area contributed by atoms with E-state index in [4.69, 9.17) is 9.84 Å². The van der Waals surface area contributed by atoms with E-state index in [1.54, 1.807) is 6.33 Å². The molecule has 0 fully saturated rings. The summed E-state index contributed by atoms with van der Waals surface area (Å²) in [6.07, 6.45) is 6.14. The Morgan fingerprint density at radius 1 is 1.38 bits per heavy atom. The number of nitrogens with one attached hydrogen (secondary N) is 1. The lowest BCUT2D eigenvalue weighted by molar-refractivity contribution is 0.113. The van der Waals surface area contributed by atoms with Crippen LogP contribution in [0.4, 0.5) is 4.79 Å². The molecule has 1 aromatic heterocycles. The van der Waals surface area contributed by atoms with Crippen molar-refractivity contribution in [1.29, 1.82) is 0 Å². The Kier molecular flexibility index (Phi) is 5.28. The van der Waals surface area contributed by atoms with Crippen LogP contribution in [0.3, 0.4) is 0 Å². The topological polar surface area (TPSA) is 76.4 Å². The standard InChI is InChI=1S/C18H21N3O3/c22-18(23)20-16-7-6-15(10-16)17-11-19-13-21(17)8-9-24-12-14-4-2-1-3-5-14/h1-6,11,13,16,20H,7-10,12H2,(H,22,23). The summed E-state index contributed by atoms with van der Waals surface area (Å²) >= 11 is 0. The monoisotopic (exact) mass is 327 g/mol. The third-order valence-corrected chi connectivity index (χ3v) is 4.07. The molecule has 1 heterocycles. The molecule has 1 atom stereocenters. The number of carboxylic acid groups (broad SMARTS) is 1. The first-order valence-corrected chi connectivity index (χ1v) is 8.03. The minimum atomic E-state index is -0.975. The van der Waals surface area contributed by atoms with Crippen LogP contribution in [0.5, 0.6) is 0 Å². The minimum absolute atomic E-state index is 0.0461. The van der Waals surface area contributed by atoms with Gasteiger partial charge in [0.2, 0.25) is 0 Å². The molecule has 2 N–H and O–H groups in total. The Hall–Kier alpha value is -2.60. The number of hydrogen-bond donors (Lipinski definition) is 2. The van der Waals surface area contributed by atoms with E-state index in [1.165, 1.54) is 0 Å². The molecule has 0 spiro atoms. The van der Waals surface area contributed by atoms with Crippen LogP contribution in [0, 0.1) is 0 Å². The van der Waals surface area contributed by atoms with Crippen LogP contribution < -0.4 is 5.32 Å². The summed E-state index contributed by atoms with van der Waals surface area (Å²) < 4.78 is 7.78. The van der Waals surface area contributed by atoms with E-state index in [9.17, 15) is 4.79 Å². The van der Waals surface area contributed by atoms with Crippen molar-refractivity contribution in [3.63, 3.8) is 0 Å². The SMILES string of the molecule is O=C(O)NC1CC=C(c2cncn2CCOCc2ccccc2)C1. The third kappa shape index (κ3) is 4.23. The number of rotatable bonds is 7. The van der Waals surface area contributed by atoms with Crippen molar-refractivity contribution in [2.75, 3.05) is 6.61 Å². The molecule has 0 aliphatic heterocycles. The van der Waals surface area contributed by atoms with Gasteiger partial charge in [-0.1, -0.05) is 36.4 Å². The molecule has 0 radical (unpaired) electrons. The summed E-state index contributed by atoms with van der Waals surface area (Å²) in [5.74, 6) is 0. The largest absolute Gasteiger partial charge is 0.465 e. The zero-order chi connectivity index (χ0) is 16.8. The van der Waals surface area contributed by atoms with Gasteiger partial charge >= 0.3 is 6.09 Å². The molecule has 6 nitrogen and oxygen atoms in total. The van der Waals surface area contributed by atoms with Gasteiger partial charge in [-0.2, -0.15) is 0 Å². The van der Waals surface area contributed by atoms with Crippen LogP contribution in [-0.2, 0) is 17.9 Å². The molecule has 1 amide bonds. The van der Waals surface area contributed by atoms with Crippen molar-refractivity contribution in [3.05, 3.63) is 60.2 Å². The third-order valence-electron chi connectivity index (χ3n) is 4.07. The Bertz CT molecular complexity index is 709. The average Bonchev–Trinajstić information content (AvgIpc) is 3.21. The molecule has 6 heteroatoms. The van der Waals surface area contributed by atoms with Crippen molar-refractivity contribution >= 4 is 11.7 Å². The normalized spacial score (nSPS) is 16.8. The van der Waals surface area contributed by atoms with Crippen LogP contribution in [0.2, 0.25) is 0 Å². The van der Waals surface area contributed by atoms with Crippen molar-refractivity contribution < 1.29 is 14.6 Å². The molecule has 0 saturated heterocycles. The molecule has 1 aliphatic rings. The molecule has 1 unspecified atom stereocenters. The second-order valence-corrected chi connectivity index (χ2v) is 5.83. The lowest BCUT2D eigenvalue weighted by atomic mass is 10.1. The van der Waals surface area contributed by atoms with Gasteiger partial charge in [0.25, 0.3) is 0 Å². The van der Waals surface area contributed by atoms with Gasteiger partial charge in [-0.3, -0.25) is 0 Å². The molecule has 3 rings (SSSR count). The number of amides is 1. The molecule has 1 aliphatic carbocycles. The lowest BCUT2D eigenvalue weighted by Gasteiger charge is -2.12. The zero-order valence-electron chi connectivity index (χ0n) is 13.4. The summed E-state index contributed by atoms with van der Waals surface area (Å²) in [6.45, 7) is 1.91. The Labute approximate surface area is 140 Å². The van der Waals surface area contributed by atoms with Crippen molar-refractivity contribution in [1.82, 2.24) is 14.9 Å². The number of ether oxygens (including phenoxy) is 1. The molecule has 0 bridgehead atoms. The van der Waals surface area contributed by atoms with Gasteiger partial charge < -0.3 is 19.7 Å². The predicted octanol–water partition coefficient (Wildman–Crippen LogP) is 2.91. The van der Waals surface area contributed by atoms with Gasteiger partial charge in [-0.15, -0.1) is 0 Å². The molecular weight excluding hydrogens is 306 g/mol. The molecule has 0 saturated carbocycles. The van der Waals surface area contributed by atoms with E-state index >= 15 is 0 Å². The summed E-state index contributed by atoms with van der Waals surface area (Å²) in [4.78, 5) is 15.0.